The van der Waals surface area contributed by atoms with Crippen LogP contribution in [0.4, 0.5) is 5.82 Å². The van der Waals surface area contributed by atoms with Gasteiger partial charge in [-0.15, -0.1) is 0 Å². The van der Waals surface area contributed by atoms with Gasteiger partial charge in [-0.3, -0.25) is 4.68 Å². The van der Waals surface area contributed by atoms with Gasteiger partial charge in [0.15, 0.2) is 0 Å². The van der Waals surface area contributed by atoms with Gasteiger partial charge in [-0.1, -0.05) is 18.5 Å². The smallest absolute Gasteiger partial charge is 0.128 e. The molecule has 2 aromatic rings. The van der Waals surface area contributed by atoms with Crippen LogP contribution in [-0.4, -0.2) is 14.9 Å². The number of nitrogens with zero attached hydrogens (tertiary/aromatic N) is 2. The van der Waals surface area contributed by atoms with Crippen LogP contribution in [0, 0.1) is 0 Å². The fourth-order valence-corrected chi connectivity index (χ4v) is 1.97. The number of phenolic OH excluding ortho intramolecular Hbond substituents is 1. The van der Waals surface area contributed by atoms with Crippen LogP contribution in [0.5, 0.6) is 5.75 Å². The SMILES string of the molecule is CCc1cc(Cl)cc(-c2cc(N)n(C)n2)c1O. The molecule has 0 unspecified atom stereocenters. The Labute approximate surface area is 105 Å². The average Bonchev–Trinajstić information content (AvgIpc) is 2.62. The van der Waals surface area contributed by atoms with Gasteiger partial charge in [-0.2, -0.15) is 5.10 Å². The van der Waals surface area contributed by atoms with E-state index in [0.717, 1.165) is 5.56 Å². The lowest BCUT2D eigenvalue weighted by molar-refractivity contribution is 0.470. The van der Waals surface area contributed by atoms with E-state index in [2.05, 4.69) is 5.10 Å². The molecule has 0 radical (unpaired) electrons. The lowest BCUT2D eigenvalue weighted by Gasteiger charge is -2.07. The van der Waals surface area contributed by atoms with Crippen LogP contribution in [0.3, 0.4) is 0 Å². The highest BCUT2D eigenvalue weighted by Crippen LogP contribution is 2.35. The van der Waals surface area contributed by atoms with Gasteiger partial charge in [0.05, 0.1) is 5.69 Å². The average molecular weight is 252 g/mol. The van der Waals surface area contributed by atoms with E-state index in [0.29, 0.717) is 28.5 Å². The van der Waals surface area contributed by atoms with E-state index in [1.165, 1.54) is 0 Å². The Bertz CT molecular complexity index is 544. The van der Waals surface area contributed by atoms with Crippen molar-refractivity contribution in [1.29, 1.82) is 0 Å². The first-order valence-electron chi connectivity index (χ1n) is 5.34. The first kappa shape index (κ1) is 11.8. The molecule has 0 saturated heterocycles. The standard InChI is InChI=1S/C12H14ClN3O/c1-3-7-4-8(13)5-9(12(7)17)10-6-11(14)16(2)15-10/h4-6,17H,3,14H2,1-2H3. The largest absolute Gasteiger partial charge is 0.507 e. The van der Waals surface area contributed by atoms with Crippen LogP contribution in [0.15, 0.2) is 18.2 Å². The van der Waals surface area contributed by atoms with Crippen LogP contribution < -0.4 is 5.73 Å². The molecule has 0 atom stereocenters. The Morgan fingerprint density at radius 3 is 2.65 bits per heavy atom. The molecule has 0 spiro atoms. The molecule has 4 nitrogen and oxygen atoms in total. The lowest BCUT2D eigenvalue weighted by atomic mass is 10.0. The summed E-state index contributed by atoms with van der Waals surface area (Å²) in [5.74, 6) is 0.757. The van der Waals surface area contributed by atoms with E-state index in [9.17, 15) is 5.11 Å². The molecular formula is C12H14ClN3O. The molecule has 0 amide bonds. The van der Waals surface area contributed by atoms with Gasteiger partial charge in [0, 0.05) is 23.7 Å². The Morgan fingerprint density at radius 2 is 2.12 bits per heavy atom. The summed E-state index contributed by atoms with van der Waals surface area (Å²) in [7, 11) is 1.75. The number of anilines is 1. The molecule has 0 fully saturated rings. The van der Waals surface area contributed by atoms with Gasteiger partial charge in [-0.05, 0) is 24.1 Å². The van der Waals surface area contributed by atoms with Crippen molar-refractivity contribution < 1.29 is 5.11 Å². The summed E-state index contributed by atoms with van der Waals surface area (Å²) in [6.07, 6.45) is 0.710. The van der Waals surface area contributed by atoms with E-state index < -0.39 is 0 Å². The number of aromatic hydroxyl groups is 1. The number of hydrogen-bond donors (Lipinski definition) is 2. The van der Waals surface area contributed by atoms with Crippen molar-refractivity contribution in [2.75, 3.05) is 5.73 Å². The third kappa shape index (κ3) is 2.08. The number of phenols is 1. The minimum Gasteiger partial charge on any atom is -0.507 e. The molecule has 3 N–H and O–H groups in total. The van der Waals surface area contributed by atoms with Gasteiger partial charge in [0.1, 0.15) is 11.6 Å². The zero-order valence-corrected chi connectivity index (χ0v) is 10.5. The van der Waals surface area contributed by atoms with Gasteiger partial charge in [-0.25, -0.2) is 0 Å². The van der Waals surface area contributed by atoms with E-state index in [-0.39, 0.29) is 5.75 Å². The molecule has 2 rings (SSSR count). The van der Waals surface area contributed by atoms with Crippen molar-refractivity contribution >= 4 is 17.4 Å². The molecule has 1 aromatic carbocycles. The Morgan fingerprint density at radius 1 is 1.41 bits per heavy atom. The van der Waals surface area contributed by atoms with Crippen molar-refractivity contribution in [1.82, 2.24) is 9.78 Å². The molecule has 90 valence electrons. The topological polar surface area (TPSA) is 64.1 Å². The zero-order chi connectivity index (χ0) is 12.6. The molecule has 17 heavy (non-hydrogen) atoms. The minimum absolute atomic E-state index is 0.218. The fraction of sp³-hybridized carbons (Fsp3) is 0.250. The van der Waals surface area contributed by atoms with Crippen molar-refractivity contribution in [3.8, 4) is 17.0 Å². The molecule has 0 aliphatic heterocycles. The number of benzene rings is 1. The third-order valence-electron chi connectivity index (χ3n) is 2.73. The Kier molecular flexibility index (Phi) is 2.98. The van der Waals surface area contributed by atoms with E-state index in [4.69, 9.17) is 17.3 Å². The van der Waals surface area contributed by atoms with Crippen LogP contribution in [0.25, 0.3) is 11.3 Å². The van der Waals surface area contributed by atoms with Gasteiger partial charge in [0.25, 0.3) is 0 Å². The van der Waals surface area contributed by atoms with Crippen molar-refractivity contribution in [3.05, 3.63) is 28.8 Å². The summed E-state index contributed by atoms with van der Waals surface area (Å²) in [6.45, 7) is 1.96. The molecule has 0 aliphatic carbocycles. The summed E-state index contributed by atoms with van der Waals surface area (Å²) in [6, 6.07) is 5.16. The number of nitrogens with two attached hydrogens (primary N) is 1. The first-order valence-corrected chi connectivity index (χ1v) is 5.72. The molecular weight excluding hydrogens is 238 g/mol. The fourth-order valence-electron chi connectivity index (χ4n) is 1.73. The van der Waals surface area contributed by atoms with Crippen LogP contribution in [0.2, 0.25) is 5.02 Å². The minimum atomic E-state index is 0.218. The first-order chi connectivity index (χ1) is 8.02. The van der Waals surface area contributed by atoms with Crippen LogP contribution in [-0.2, 0) is 13.5 Å². The normalized spacial score (nSPS) is 10.8. The Balaban J connectivity index is 2.62. The highest BCUT2D eigenvalue weighted by Gasteiger charge is 2.13. The number of hydrogen-bond acceptors (Lipinski definition) is 3. The maximum Gasteiger partial charge on any atom is 0.128 e. The third-order valence-corrected chi connectivity index (χ3v) is 2.94. The second-order valence-electron chi connectivity index (χ2n) is 3.89. The highest BCUT2D eigenvalue weighted by molar-refractivity contribution is 6.31. The molecule has 0 saturated carbocycles. The quantitative estimate of drug-likeness (QED) is 0.862. The summed E-state index contributed by atoms with van der Waals surface area (Å²) in [5, 5.41) is 14.9. The second kappa shape index (κ2) is 4.30. The van der Waals surface area contributed by atoms with Gasteiger partial charge in [0.2, 0.25) is 0 Å². The molecule has 0 bridgehead atoms. The van der Waals surface area contributed by atoms with Gasteiger partial charge >= 0.3 is 0 Å². The monoisotopic (exact) mass is 251 g/mol. The number of aromatic nitrogens is 2. The molecule has 1 heterocycles. The molecule has 1 aromatic heterocycles. The molecule has 0 aliphatic rings. The summed E-state index contributed by atoms with van der Waals surface area (Å²) < 4.78 is 1.56. The predicted octanol–water partition coefficient (Wildman–Crippen LogP) is 2.59. The maximum absolute atomic E-state index is 10.1. The summed E-state index contributed by atoms with van der Waals surface area (Å²) in [5.41, 5.74) is 7.76. The number of halogens is 1. The van der Waals surface area contributed by atoms with Crippen molar-refractivity contribution in [2.45, 2.75) is 13.3 Å². The summed E-state index contributed by atoms with van der Waals surface area (Å²) in [4.78, 5) is 0. The molecule has 5 heteroatoms. The van der Waals surface area contributed by atoms with Crippen LogP contribution >= 0.6 is 11.6 Å². The predicted molar refractivity (Wildman–Crippen MR) is 69.1 cm³/mol. The van der Waals surface area contributed by atoms with E-state index >= 15 is 0 Å². The number of rotatable bonds is 2. The van der Waals surface area contributed by atoms with Crippen LogP contribution in [0.1, 0.15) is 12.5 Å². The van der Waals surface area contributed by atoms with Gasteiger partial charge < -0.3 is 10.8 Å². The van der Waals surface area contributed by atoms with Crippen molar-refractivity contribution in [3.63, 3.8) is 0 Å². The van der Waals surface area contributed by atoms with E-state index in [1.54, 1.807) is 29.9 Å². The summed E-state index contributed by atoms with van der Waals surface area (Å²) >= 11 is 6.02. The number of nitrogen functional groups attached to an aromatic ring is 1. The van der Waals surface area contributed by atoms with Crippen molar-refractivity contribution in [2.24, 2.45) is 7.05 Å². The highest BCUT2D eigenvalue weighted by atomic mass is 35.5. The zero-order valence-electron chi connectivity index (χ0n) is 9.74. The maximum atomic E-state index is 10.1. The second-order valence-corrected chi connectivity index (χ2v) is 4.33. The lowest BCUT2D eigenvalue weighted by Crippen LogP contribution is -1.96. The van der Waals surface area contributed by atoms with E-state index in [1.807, 2.05) is 6.92 Å². The number of aryl methyl sites for hydroxylation is 2. The Hall–Kier alpha value is -1.68.